The van der Waals surface area contributed by atoms with Crippen molar-refractivity contribution >= 4 is 40.1 Å². The van der Waals surface area contributed by atoms with Gasteiger partial charge in [0.15, 0.2) is 5.13 Å². The van der Waals surface area contributed by atoms with Crippen molar-refractivity contribution < 1.29 is 4.79 Å². The number of amides is 1. The maximum absolute atomic E-state index is 12.3. The number of halogens is 1. The van der Waals surface area contributed by atoms with Gasteiger partial charge in [-0.05, 0) is 23.8 Å². The van der Waals surface area contributed by atoms with Gasteiger partial charge in [0.25, 0.3) is 5.91 Å². The molecule has 0 fully saturated rings. The molecule has 3 aromatic rings. The van der Waals surface area contributed by atoms with E-state index in [0.29, 0.717) is 10.2 Å². The minimum Gasteiger partial charge on any atom is -0.297 e. The zero-order chi connectivity index (χ0) is 17.6. The monoisotopic (exact) mass is 365 g/mol. The highest BCUT2D eigenvalue weighted by Crippen LogP contribution is 2.25. The maximum atomic E-state index is 12.3. The number of nitrogens with zero attached hydrogens (tertiary/aromatic N) is 2. The van der Waals surface area contributed by atoms with Crippen LogP contribution in [0.1, 0.15) is 5.56 Å². The molecule has 0 aliphatic rings. The van der Waals surface area contributed by atoms with Gasteiger partial charge in [0.1, 0.15) is 11.6 Å². The Kier molecular flexibility index (Phi) is 5.24. The zero-order valence-electron chi connectivity index (χ0n) is 12.9. The van der Waals surface area contributed by atoms with Gasteiger partial charge in [-0.25, -0.2) is 4.98 Å². The first-order chi connectivity index (χ1) is 12.2. The lowest BCUT2D eigenvalue weighted by Crippen LogP contribution is -2.13. The van der Waals surface area contributed by atoms with Crippen molar-refractivity contribution in [1.29, 1.82) is 5.26 Å². The van der Waals surface area contributed by atoms with E-state index < -0.39 is 5.91 Å². The molecule has 0 radical (unpaired) electrons. The predicted octanol–water partition coefficient (Wildman–Crippen LogP) is 5.01. The number of thiazole rings is 1. The molecule has 0 atom stereocenters. The average molecular weight is 366 g/mol. The van der Waals surface area contributed by atoms with Crippen molar-refractivity contribution in [2.45, 2.75) is 0 Å². The normalized spacial score (nSPS) is 11.0. The molecule has 0 saturated carbocycles. The standard InChI is InChI=1S/C19H12ClN3OS/c20-16-8-6-13(7-9-16)10-15(11-21)18(24)23-19-22-17(12-25-19)14-4-2-1-3-5-14/h1-10,12H,(H,22,23,24)/b15-10+. The van der Waals surface area contributed by atoms with Gasteiger partial charge < -0.3 is 0 Å². The minimum atomic E-state index is -0.494. The number of rotatable bonds is 4. The third-order valence-corrected chi connectivity index (χ3v) is 4.35. The second-order valence-corrected chi connectivity index (χ2v) is 6.37. The van der Waals surface area contributed by atoms with Crippen LogP contribution < -0.4 is 5.32 Å². The topological polar surface area (TPSA) is 65.8 Å². The van der Waals surface area contributed by atoms with E-state index >= 15 is 0 Å². The lowest BCUT2D eigenvalue weighted by atomic mass is 10.1. The summed E-state index contributed by atoms with van der Waals surface area (Å²) < 4.78 is 0. The summed E-state index contributed by atoms with van der Waals surface area (Å²) in [6.45, 7) is 0. The summed E-state index contributed by atoms with van der Waals surface area (Å²) in [5.41, 5.74) is 2.47. The minimum absolute atomic E-state index is 0.00113. The van der Waals surface area contributed by atoms with Gasteiger partial charge in [0, 0.05) is 16.0 Å². The molecule has 122 valence electrons. The van der Waals surface area contributed by atoms with E-state index in [9.17, 15) is 10.1 Å². The first-order valence-corrected chi connectivity index (χ1v) is 8.61. The van der Waals surface area contributed by atoms with Crippen molar-refractivity contribution in [1.82, 2.24) is 4.98 Å². The van der Waals surface area contributed by atoms with Gasteiger partial charge >= 0.3 is 0 Å². The van der Waals surface area contributed by atoms with E-state index in [2.05, 4.69) is 10.3 Å². The van der Waals surface area contributed by atoms with Crippen LogP contribution >= 0.6 is 22.9 Å². The molecule has 6 heteroatoms. The number of benzene rings is 2. The van der Waals surface area contributed by atoms with Gasteiger partial charge in [-0.1, -0.05) is 54.1 Å². The van der Waals surface area contributed by atoms with Crippen molar-refractivity contribution in [3.63, 3.8) is 0 Å². The third kappa shape index (κ3) is 4.32. The van der Waals surface area contributed by atoms with E-state index in [1.54, 1.807) is 24.3 Å². The number of nitriles is 1. The molecule has 25 heavy (non-hydrogen) atoms. The Bertz CT molecular complexity index is 956. The Labute approximate surface area is 154 Å². The summed E-state index contributed by atoms with van der Waals surface area (Å²) in [6, 6.07) is 18.5. The molecule has 0 bridgehead atoms. The smallest absolute Gasteiger partial charge is 0.268 e. The molecular formula is C19H12ClN3OS. The zero-order valence-corrected chi connectivity index (χ0v) is 14.5. The fraction of sp³-hybridized carbons (Fsp3) is 0. The summed E-state index contributed by atoms with van der Waals surface area (Å²) in [5, 5.41) is 14.8. The number of hydrogen-bond acceptors (Lipinski definition) is 4. The van der Waals surface area contributed by atoms with Crippen LogP contribution in [0.3, 0.4) is 0 Å². The van der Waals surface area contributed by atoms with E-state index in [1.165, 1.54) is 17.4 Å². The van der Waals surface area contributed by atoms with Gasteiger partial charge in [-0.3, -0.25) is 10.1 Å². The number of nitrogens with one attached hydrogen (secondary N) is 1. The number of carbonyl (C=O) groups is 1. The fourth-order valence-corrected chi connectivity index (χ4v) is 2.95. The molecule has 1 aromatic heterocycles. The Morgan fingerprint density at radius 2 is 1.88 bits per heavy atom. The molecular weight excluding hydrogens is 354 g/mol. The van der Waals surface area contributed by atoms with E-state index in [0.717, 1.165) is 16.8 Å². The molecule has 3 rings (SSSR count). The predicted molar refractivity (Wildman–Crippen MR) is 101 cm³/mol. The van der Waals surface area contributed by atoms with Crippen LogP contribution in [0.15, 0.2) is 65.6 Å². The highest BCUT2D eigenvalue weighted by atomic mass is 35.5. The largest absolute Gasteiger partial charge is 0.297 e. The number of anilines is 1. The maximum Gasteiger partial charge on any atom is 0.268 e. The molecule has 1 amide bonds. The molecule has 0 spiro atoms. The molecule has 0 aliphatic carbocycles. The summed E-state index contributed by atoms with van der Waals surface area (Å²) >= 11 is 7.14. The average Bonchev–Trinajstić information content (AvgIpc) is 3.10. The van der Waals surface area contributed by atoms with Crippen LogP contribution in [0.25, 0.3) is 17.3 Å². The third-order valence-electron chi connectivity index (χ3n) is 3.34. The SMILES string of the molecule is N#C/C(=C\c1ccc(Cl)cc1)C(=O)Nc1nc(-c2ccccc2)cs1. The number of hydrogen-bond donors (Lipinski definition) is 1. The molecule has 2 aromatic carbocycles. The van der Waals surface area contributed by atoms with Crippen LogP contribution in [0.5, 0.6) is 0 Å². The Morgan fingerprint density at radius 1 is 1.16 bits per heavy atom. The Morgan fingerprint density at radius 3 is 2.56 bits per heavy atom. The van der Waals surface area contributed by atoms with E-state index in [1.807, 2.05) is 41.8 Å². The van der Waals surface area contributed by atoms with Crippen LogP contribution in [0.2, 0.25) is 5.02 Å². The molecule has 0 aliphatic heterocycles. The number of aromatic nitrogens is 1. The highest BCUT2D eigenvalue weighted by molar-refractivity contribution is 7.14. The van der Waals surface area contributed by atoms with Gasteiger partial charge in [-0.2, -0.15) is 5.26 Å². The Balaban J connectivity index is 1.76. The number of carbonyl (C=O) groups excluding carboxylic acids is 1. The van der Waals surface area contributed by atoms with Gasteiger partial charge in [0.2, 0.25) is 0 Å². The molecule has 0 saturated heterocycles. The van der Waals surface area contributed by atoms with Crippen LogP contribution in [0, 0.1) is 11.3 Å². The second kappa shape index (κ2) is 7.75. The van der Waals surface area contributed by atoms with Crippen molar-refractivity contribution in [3.8, 4) is 17.3 Å². The van der Waals surface area contributed by atoms with E-state index in [4.69, 9.17) is 11.6 Å². The first kappa shape index (κ1) is 16.9. The fourth-order valence-electron chi connectivity index (χ4n) is 2.11. The summed E-state index contributed by atoms with van der Waals surface area (Å²) in [6.07, 6.45) is 1.51. The summed E-state index contributed by atoms with van der Waals surface area (Å²) in [5.74, 6) is -0.494. The molecule has 1 N–H and O–H groups in total. The van der Waals surface area contributed by atoms with E-state index in [-0.39, 0.29) is 5.57 Å². The summed E-state index contributed by atoms with van der Waals surface area (Å²) in [4.78, 5) is 16.7. The first-order valence-electron chi connectivity index (χ1n) is 7.35. The van der Waals surface area contributed by atoms with Crippen LogP contribution in [0.4, 0.5) is 5.13 Å². The van der Waals surface area contributed by atoms with Gasteiger partial charge in [0.05, 0.1) is 5.69 Å². The highest BCUT2D eigenvalue weighted by Gasteiger charge is 2.12. The van der Waals surface area contributed by atoms with Crippen molar-refractivity contribution in [2.24, 2.45) is 0 Å². The Hall–Kier alpha value is -2.94. The summed E-state index contributed by atoms with van der Waals surface area (Å²) in [7, 11) is 0. The lowest BCUT2D eigenvalue weighted by Gasteiger charge is -2.01. The van der Waals surface area contributed by atoms with Gasteiger partial charge in [-0.15, -0.1) is 11.3 Å². The van der Waals surface area contributed by atoms with Crippen LogP contribution in [-0.4, -0.2) is 10.9 Å². The quantitative estimate of drug-likeness (QED) is 0.522. The van der Waals surface area contributed by atoms with Crippen LogP contribution in [-0.2, 0) is 4.79 Å². The molecule has 1 heterocycles. The molecule has 0 unspecified atom stereocenters. The lowest BCUT2D eigenvalue weighted by molar-refractivity contribution is -0.112. The van der Waals surface area contributed by atoms with Crippen molar-refractivity contribution in [3.05, 3.63) is 76.1 Å². The second-order valence-electron chi connectivity index (χ2n) is 5.08. The molecule has 4 nitrogen and oxygen atoms in total. The van der Waals surface area contributed by atoms with Crippen molar-refractivity contribution in [2.75, 3.05) is 5.32 Å².